The van der Waals surface area contributed by atoms with E-state index < -0.39 is 0 Å². The lowest BCUT2D eigenvalue weighted by Gasteiger charge is -2.19. The molecule has 0 bridgehead atoms. The number of ether oxygens (including phenoxy) is 1. The van der Waals surface area contributed by atoms with E-state index in [1.54, 1.807) is 19.4 Å². The Morgan fingerprint density at radius 2 is 2.08 bits per heavy atom. The summed E-state index contributed by atoms with van der Waals surface area (Å²) in [6.45, 7) is 5.07. The zero-order valence-electron chi connectivity index (χ0n) is 15.0. The number of hydrogen-bond acceptors (Lipinski definition) is 6. The molecule has 0 saturated carbocycles. The maximum Gasteiger partial charge on any atom is 0.253 e. The Kier molecular flexibility index (Phi) is 5.29. The van der Waals surface area contributed by atoms with Gasteiger partial charge in [-0.3, -0.25) is 4.79 Å². The van der Waals surface area contributed by atoms with Crippen LogP contribution in [0.15, 0.2) is 24.4 Å². The van der Waals surface area contributed by atoms with Crippen molar-refractivity contribution < 1.29 is 9.53 Å². The van der Waals surface area contributed by atoms with Crippen molar-refractivity contribution in [3.63, 3.8) is 0 Å². The van der Waals surface area contributed by atoms with Gasteiger partial charge in [-0.15, -0.1) is 0 Å². The van der Waals surface area contributed by atoms with Crippen LogP contribution in [0.3, 0.4) is 0 Å². The number of amides is 1. The number of aryl methyl sites for hydroxylation is 2. The van der Waals surface area contributed by atoms with Crippen molar-refractivity contribution in [3.8, 4) is 0 Å². The highest BCUT2D eigenvalue weighted by atomic mass is 35.5. The Labute approximate surface area is 157 Å². The van der Waals surface area contributed by atoms with E-state index in [0.29, 0.717) is 29.5 Å². The van der Waals surface area contributed by atoms with Gasteiger partial charge in [0.05, 0.1) is 22.7 Å². The number of aromatic nitrogens is 2. The number of anilines is 2. The average Bonchev–Trinajstić information content (AvgIpc) is 3.01. The van der Waals surface area contributed by atoms with Crippen molar-refractivity contribution >= 4 is 29.3 Å². The summed E-state index contributed by atoms with van der Waals surface area (Å²) in [5.74, 6) is 0.709. The summed E-state index contributed by atoms with van der Waals surface area (Å²) in [4.78, 5) is 22.9. The van der Waals surface area contributed by atoms with E-state index in [-0.39, 0.29) is 24.0 Å². The van der Waals surface area contributed by atoms with Gasteiger partial charge in [0, 0.05) is 26.4 Å². The Morgan fingerprint density at radius 3 is 2.77 bits per heavy atom. The number of carbonyl (C=O) groups is 1. The molecule has 1 aliphatic heterocycles. The lowest BCUT2D eigenvalue weighted by atomic mass is 10.1. The van der Waals surface area contributed by atoms with Crippen LogP contribution in [0.5, 0.6) is 0 Å². The Bertz CT molecular complexity index is 829. The van der Waals surface area contributed by atoms with Crippen LogP contribution in [0.2, 0.25) is 5.02 Å². The minimum atomic E-state index is -0.214. The van der Waals surface area contributed by atoms with Crippen molar-refractivity contribution in [2.45, 2.75) is 26.0 Å². The van der Waals surface area contributed by atoms with E-state index >= 15 is 0 Å². The van der Waals surface area contributed by atoms with E-state index in [9.17, 15) is 4.79 Å². The van der Waals surface area contributed by atoms with Crippen molar-refractivity contribution in [2.24, 2.45) is 0 Å². The third-order valence-electron chi connectivity index (χ3n) is 4.70. The van der Waals surface area contributed by atoms with Crippen LogP contribution in [0.4, 0.5) is 11.8 Å². The van der Waals surface area contributed by atoms with Crippen molar-refractivity contribution in [1.82, 2.24) is 15.3 Å². The van der Waals surface area contributed by atoms with Crippen LogP contribution in [0.25, 0.3) is 0 Å². The molecule has 1 aromatic carbocycles. The first kappa shape index (κ1) is 18.4. The van der Waals surface area contributed by atoms with Gasteiger partial charge in [0.2, 0.25) is 5.95 Å². The monoisotopic (exact) mass is 375 g/mol. The van der Waals surface area contributed by atoms with Gasteiger partial charge < -0.3 is 20.7 Å². The summed E-state index contributed by atoms with van der Waals surface area (Å²) in [6, 6.07) is 5.21. The van der Waals surface area contributed by atoms with Crippen LogP contribution in [0.1, 0.15) is 21.5 Å². The number of nitrogens with two attached hydrogens (primary N) is 1. The van der Waals surface area contributed by atoms with E-state index in [1.807, 2.05) is 30.9 Å². The van der Waals surface area contributed by atoms with Gasteiger partial charge in [-0.1, -0.05) is 11.6 Å². The van der Waals surface area contributed by atoms with Crippen LogP contribution >= 0.6 is 11.6 Å². The molecule has 138 valence electrons. The Hall–Kier alpha value is -2.38. The molecule has 2 aromatic rings. The van der Waals surface area contributed by atoms with E-state index in [0.717, 1.165) is 11.1 Å². The van der Waals surface area contributed by atoms with Gasteiger partial charge in [0.15, 0.2) is 0 Å². The molecule has 3 N–H and O–H groups in total. The molecular weight excluding hydrogens is 354 g/mol. The normalized spacial score (nSPS) is 19.6. The molecule has 0 spiro atoms. The standard InChI is InChI=1S/C18H22ClN5O2/c1-10-6-12(13(19)7-11(10)2)17(25)22-14-8-24(9-15(14)26-3)16-4-5-21-18(20)23-16/h4-7,14-15H,8-9H2,1-3H3,(H,22,25)(H2,20,21,23)/t14-,15+/m0/s1. The zero-order valence-corrected chi connectivity index (χ0v) is 15.7. The van der Waals surface area contributed by atoms with Crippen molar-refractivity contribution in [2.75, 3.05) is 30.8 Å². The summed E-state index contributed by atoms with van der Waals surface area (Å²) in [5, 5.41) is 3.48. The quantitative estimate of drug-likeness (QED) is 0.848. The molecule has 1 aromatic heterocycles. The predicted octanol–water partition coefficient (Wildman–Crippen LogP) is 1.96. The maximum atomic E-state index is 12.7. The lowest BCUT2D eigenvalue weighted by molar-refractivity contribution is 0.0782. The first-order valence-electron chi connectivity index (χ1n) is 8.33. The number of rotatable bonds is 4. The summed E-state index contributed by atoms with van der Waals surface area (Å²) >= 11 is 6.26. The number of methoxy groups -OCH3 is 1. The fourth-order valence-electron chi connectivity index (χ4n) is 3.08. The molecule has 1 aliphatic rings. The van der Waals surface area contributed by atoms with E-state index in [2.05, 4.69) is 15.3 Å². The number of nitrogens with one attached hydrogen (secondary N) is 1. The molecule has 0 aliphatic carbocycles. The number of benzene rings is 1. The fourth-order valence-corrected chi connectivity index (χ4v) is 3.38. The number of carbonyl (C=O) groups excluding carboxylic acids is 1. The van der Waals surface area contributed by atoms with Gasteiger partial charge in [-0.25, -0.2) is 4.98 Å². The van der Waals surface area contributed by atoms with Crippen molar-refractivity contribution in [1.29, 1.82) is 0 Å². The predicted molar refractivity (Wildman–Crippen MR) is 102 cm³/mol. The molecular formula is C18H22ClN5O2. The first-order chi connectivity index (χ1) is 12.4. The topological polar surface area (TPSA) is 93.4 Å². The van der Waals surface area contributed by atoms with E-state index in [4.69, 9.17) is 22.1 Å². The van der Waals surface area contributed by atoms with Gasteiger partial charge >= 0.3 is 0 Å². The Morgan fingerprint density at radius 1 is 1.35 bits per heavy atom. The SMILES string of the molecule is CO[C@@H]1CN(c2ccnc(N)n2)C[C@@H]1NC(=O)c1cc(C)c(C)cc1Cl. The number of halogens is 1. The van der Waals surface area contributed by atoms with E-state index in [1.165, 1.54) is 0 Å². The summed E-state index contributed by atoms with van der Waals surface area (Å²) in [6.07, 6.45) is 1.45. The summed E-state index contributed by atoms with van der Waals surface area (Å²) < 4.78 is 5.55. The third kappa shape index (κ3) is 3.73. The number of nitrogen functional groups attached to an aromatic ring is 1. The van der Waals surface area contributed by atoms with Crippen LogP contribution in [0, 0.1) is 13.8 Å². The first-order valence-corrected chi connectivity index (χ1v) is 8.70. The molecule has 0 unspecified atom stereocenters. The van der Waals surface area contributed by atoms with Crippen LogP contribution in [-0.2, 0) is 4.74 Å². The second-order valence-electron chi connectivity index (χ2n) is 6.45. The highest BCUT2D eigenvalue weighted by Crippen LogP contribution is 2.23. The van der Waals surface area contributed by atoms with Crippen LogP contribution < -0.4 is 16.0 Å². The Balaban J connectivity index is 1.76. The smallest absolute Gasteiger partial charge is 0.253 e. The van der Waals surface area contributed by atoms with Gasteiger partial charge in [-0.2, -0.15) is 4.98 Å². The molecule has 1 fully saturated rings. The van der Waals surface area contributed by atoms with Crippen molar-refractivity contribution in [3.05, 3.63) is 46.1 Å². The summed E-state index contributed by atoms with van der Waals surface area (Å²) in [5.41, 5.74) is 8.20. The molecule has 2 heterocycles. The molecule has 2 atom stereocenters. The molecule has 8 heteroatoms. The fraction of sp³-hybridized carbons (Fsp3) is 0.389. The zero-order chi connectivity index (χ0) is 18.8. The molecule has 0 radical (unpaired) electrons. The van der Waals surface area contributed by atoms with Gasteiger partial charge in [0.25, 0.3) is 5.91 Å². The minimum absolute atomic E-state index is 0.166. The molecule has 7 nitrogen and oxygen atoms in total. The van der Waals surface area contributed by atoms with Crippen LogP contribution in [-0.4, -0.2) is 48.2 Å². The van der Waals surface area contributed by atoms with Gasteiger partial charge in [-0.05, 0) is 43.2 Å². The molecule has 3 rings (SSSR count). The maximum absolute atomic E-state index is 12.7. The molecule has 1 saturated heterocycles. The summed E-state index contributed by atoms with van der Waals surface area (Å²) in [7, 11) is 1.63. The second kappa shape index (κ2) is 7.47. The second-order valence-corrected chi connectivity index (χ2v) is 6.86. The average molecular weight is 376 g/mol. The highest BCUT2D eigenvalue weighted by Gasteiger charge is 2.35. The number of nitrogens with zero attached hydrogens (tertiary/aromatic N) is 3. The lowest BCUT2D eigenvalue weighted by Crippen LogP contribution is -2.43. The highest BCUT2D eigenvalue weighted by molar-refractivity contribution is 6.34. The molecule has 1 amide bonds. The number of hydrogen-bond donors (Lipinski definition) is 2. The third-order valence-corrected chi connectivity index (χ3v) is 5.01. The largest absolute Gasteiger partial charge is 0.377 e. The van der Waals surface area contributed by atoms with Gasteiger partial charge in [0.1, 0.15) is 5.82 Å². The minimum Gasteiger partial charge on any atom is -0.377 e. The molecule has 26 heavy (non-hydrogen) atoms.